The van der Waals surface area contributed by atoms with Gasteiger partial charge in [-0.05, 0) is 43.3 Å². The van der Waals surface area contributed by atoms with E-state index >= 15 is 4.39 Å². The van der Waals surface area contributed by atoms with Crippen LogP contribution < -0.4 is 4.74 Å². The van der Waals surface area contributed by atoms with Crippen molar-refractivity contribution in [2.75, 3.05) is 0 Å². The van der Waals surface area contributed by atoms with Crippen LogP contribution in [0.4, 0.5) is 14.5 Å². The predicted molar refractivity (Wildman–Crippen MR) is 118 cm³/mol. The van der Waals surface area contributed by atoms with Crippen LogP contribution in [0.15, 0.2) is 65.7 Å². The maximum atomic E-state index is 15.2. The van der Waals surface area contributed by atoms with Crippen molar-refractivity contribution < 1.29 is 26.7 Å². The second-order valence-electron chi connectivity index (χ2n) is 7.23. The molecule has 1 heterocycles. The lowest BCUT2D eigenvalue weighted by atomic mass is 10.1. The van der Waals surface area contributed by atoms with Gasteiger partial charge in [0.1, 0.15) is 17.9 Å². The summed E-state index contributed by atoms with van der Waals surface area (Å²) in [6, 6.07) is 12.1. The van der Waals surface area contributed by atoms with Crippen molar-refractivity contribution in [2.45, 2.75) is 18.2 Å². The molecule has 0 aliphatic heterocycles. The van der Waals surface area contributed by atoms with E-state index in [0.29, 0.717) is 11.7 Å². The molecule has 0 saturated carbocycles. The Bertz CT molecular complexity index is 1540. The van der Waals surface area contributed by atoms with Gasteiger partial charge >= 0.3 is 0 Å². The Balaban J connectivity index is 1.87. The van der Waals surface area contributed by atoms with Crippen LogP contribution >= 0.6 is 0 Å². The fourth-order valence-corrected chi connectivity index (χ4v) is 4.80. The number of halogens is 2. The van der Waals surface area contributed by atoms with E-state index in [1.807, 2.05) is 6.92 Å². The van der Waals surface area contributed by atoms with Gasteiger partial charge in [0.2, 0.25) is 5.69 Å². The zero-order valence-electron chi connectivity index (χ0n) is 17.2. The maximum absolute atomic E-state index is 15.2. The van der Waals surface area contributed by atoms with Gasteiger partial charge in [-0.1, -0.05) is 17.7 Å². The summed E-state index contributed by atoms with van der Waals surface area (Å²) in [5.41, 5.74) is 0.751. The molecule has 0 fully saturated rings. The predicted octanol–water partition coefficient (Wildman–Crippen LogP) is 5.55. The Morgan fingerprint density at radius 2 is 1.79 bits per heavy atom. The number of hydrogen-bond acceptors (Lipinski definition) is 4. The van der Waals surface area contributed by atoms with E-state index in [2.05, 4.69) is 4.85 Å². The van der Waals surface area contributed by atoms with Crippen molar-refractivity contribution >= 4 is 32.9 Å². The van der Waals surface area contributed by atoms with E-state index in [1.165, 1.54) is 30.5 Å². The molecule has 6 nitrogen and oxygen atoms in total. The third kappa shape index (κ3) is 3.97. The number of aryl methyl sites for hydroxylation is 1. The average Bonchev–Trinajstić information content (AvgIpc) is 3.22. The van der Waals surface area contributed by atoms with Crippen LogP contribution in [-0.4, -0.2) is 18.7 Å². The molecule has 33 heavy (non-hydrogen) atoms. The molecular formula is C24H16F2N2O4S. The van der Waals surface area contributed by atoms with Crippen molar-refractivity contribution in [2.24, 2.45) is 0 Å². The van der Waals surface area contributed by atoms with Gasteiger partial charge < -0.3 is 9.53 Å². The van der Waals surface area contributed by atoms with E-state index < -0.39 is 21.7 Å². The van der Waals surface area contributed by atoms with Crippen LogP contribution in [-0.2, 0) is 21.2 Å². The highest BCUT2D eigenvalue weighted by Gasteiger charge is 2.24. The molecule has 0 N–H and O–H groups in total. The minimum absolute atomic E-state index is 0.000455. The lowest BCUT2D eigenvalue weighted by Crippen LogP contribution is -2.12. The van der Waals surface area contributed by atoms with Gasteiger partial charge in [-0.3, -0.25) is 0 Å². The number of ether oxygens (including phenoxy) is 1. The number of fused-ring (bicyclic) bond motifs is 1. The van der Waals surface area contributed by atoms with Crippen molar-refractivity contribution in [3.63, 3.8) is 0 Å². The number of aldehydes is 1. The molecule has 0 aliphatic carbocycles. The quantitative estimate of drug-likeness (QED) is 0.276. The average molecular weight is 466 g/mol. The van der Waals surface area contributed by atoms with Crippen LogP contribution in [0.1, 0.15) is 11.1 Å². The molecule has 0 radical (unpaired) electrons. The fourth-order valence-electron chi connectivity index (χ4n) is 3.46. The summed E-state index contributed by atoms with van der Waals surface area (Å²) in [5, 5.41) is 0.307. The topological polar surface area (TPSA) is 69.7 Å². The molecule has 0 amide bonds. The van der Waals surface area contributed by atoms with Gasteiger partial charge in [-0.15, -0.1) is 0 Å². The second kappa shape index (κ2) is 8.48. The van der Waals surface area contributed by atoms with Crippen molar-refractivity contribution in [1.82, 2.24) is 3.97 Å². The zero-order chi connectivity index (χ0) is 23.8. The Labute approximate surface area is 188 Å². The number of benzene rings is 3. The standard InChI is InChI=1S/C24H16F2N2O4S/c1-15-3-6-17(7-4-15)33(30,31)28-11-9-18-19(10-12-29)24(21(26)14-23(18)28)32-16-5-8-20(25)22(13-16)27-2/h3-9,11-14H,10H2,1H3. The highest BCUT2D eigenvalue weighted by molar-refractivity contribution is 7.90. The van der Waals surface area contributed by atoms with Gasteiger partial charge in [-0.2, -0.15) is 0 Å². The third-order valence-corrected chi connectivity index (χ3v) is 6.80. The van der Waals surface area contributed by atoms with E-state index in [0.717, 1.165) is 27.7 Å². The Hall–Kier alpha value is -4.03. The highest BCUT2D eigenvalue weighted by Crippen LogP contribution is 2.37. The molecular weight excluding hydrogens is 450 g/mol. The molecule has 3 aromatic carbocycles. The highest BCUT2D eigenvalue weighted by atomic mass is 32.2. The molecule has 0 atom stereocenters. The fraction of sp³-hybridized carbons (Fsp3) is 0.0833. The summed E-state index contributed by atoms with van der Waals surface area (Å²) in [6.07, 6.45) is 1.57. The largest absolute Gasteiger partial charge is 0.455 e. The van der Waals surface area contributed by atoms with Gasteiger partial charge in [0.05, 0.1) is 17.0 Å². The molecule has 4 rings (SSSR count). The van der Waals surface area contributed by atoms with Crippen molar-refractivity contribution in [3.05, 3.63) is 95.0 Å². The molecule has 0 aliphatic rings. The van der Waals surface area contributed by atoms with Gasteiger partial charge in [0, 0.05) is 29.6 Å². The van der Waals surface area contributed by atoms with Gasteiger partial charge in [-0.25, -0.2) is 26.0 Å². The molecule has 0 unspecified atom stereocenters. The minimum Gasteiger partial charge on any atom is -0.455 e. The molecule has 166 valence electrons. The number of hydrogen-bond donors (Lipinski definition) is 0. The van der Waals surface area contributed by atoms with E-state index in [9.17, 15) is 17.6 Å². The lowest BCUT2D eigenvalue weighted by Gasteiger charge is -2.14. The molecule has 0 bridgehead atoms. The Morgan fingerprint density at radius 1 is 1.06 bits per heavy atom. The first-order valence-corrected chi connectivity index (χ1v) is 11.1. The van der Waals surface area contributed by atoms with Crippen LogP contribution in [0.3, 0.4) is 0 Å². The summed E-state index contributed by atoms with van der Waals surface area (Å²) < 4.78 is 61.6. The molecule has 4 aromatic rings. The maximum Gasteiger partial charge on any atom is 0.268 e. The summed E-state index contributed by atoms with van der Waals surface area (Å²) in [6.45, 7) is 8.84. The first kappa shape index (κ1) is 22.2. The third-order valence-electron chi connectivity index (χ3n) is 5.09. The minimum atomic E-state index is -4.03. The summed E-state index contributed by atoms with van der Waals surface area (Å²) in [7, 11) is -4.03. The summed E-state index contributed by atoms with van der Waals surface area (Å²) in [5.74, 6) is -1.96. The number of carbonyl (C=O) groups excluding carboxylic acids is 1. The molecule has 0 saturated heterocycles. The first-order valence-electron chi connectivity index (χ1n) is 9.69. The molecule has 1 aromatic heterocycles. The zero-order valence-corrected chi connectivity index (χ0v) is 18.1. The number of aromatic nitrogens is 1. The van der Waals surface area contributed by atoms with Gasteiger partial charge in [0.25, 0.3) is 10.0 Å². The smallest absolute Gasteiger partial charge is 0.268 e. The van der Waals surface area contributed by atoms with Crippen LogP contribution in [0.25, 0.3) is 15.7 Å². The molecule has 9 heteroatoms. The van der Waals surface area contributed by atoms with Crippen LogP contribution in [0, 0.1) is 25.1 Å². The monoisotopic (exact) mass is 466 g/mol. The summed E-state index contributed by atoms with van der Waals surface area (Å²) in [4.78, 5) is 14.4. The van der Waals surface area contributed by atoms with Gasteiger partial charge in [0.15, 0.2) is 11.6 Å². The SMILES string of the molecule is [C-]#[N+]c1cc(Oc2c(F)cc3c(ccn3S(=O)(=O)c3ccc(C)cc3)c2CC=O)ccc1F. The van der Waals surface area contributed by atoms with Crippen LogP contribution in [0.5, 0.6) is 11.5 Å². The first-order chi connectivity index (χ1) is 15.8. The van der Waals surface area contributed by atoms with E-state index in [1.54, 1.807) is 12.1 Å². The summed E-state index contributed by atoms with van der Waals surface area (Å²) >= 11 is 0. The van der Waals surface area contributed by atoms with E-state index in [4.69, 9.17) is 11.3 Å². The Morgan fingerprint density at radius 3 is 2.45 bits per heavy atom. The number of rotatable bonds is 6. The second-order valence-corrected chi connectivity index (χ2v) is 9.04. The van der Waals surface area contributed by atoms with Crippen LogP contribution in [0.2, 0.25) is 0 Å². The number of nitrogens with zero attached hydrogens (tertiary/aromatic N) is 2. The lowest BCUT2D eigenvalue weighted by molar-refractivity contribution is -0.107. The van der Waals surface area contributed by atoms with Crippen molar-refractivity contribution in [3.8, 4) is 11.5 Å². The van der Waals surface area contributed by atoms with Crippen molar-refractivity contribution in [1.29, 1.82) is 0 Å². The normalized spacial score (nSPS) is 11.3. The number of carbonyl (C=O) groups is 1. The Kier molecular flexibility index (Phi) is 5.70. The molecule has 0 spiro atoms. The van der Waals surface area contributed by atoms with E-state index in [-0.39, 0.29) is 39.6 Å².